The van der Waals surface area contributed by atoms with Gasteiger partial charge in [0, 0.05) is 24.2 Å². The summed E-state index contributed by atoms with van der Waals surface area (Å²) in [5.74, 6) is -0.848. The molecule has 2 saturated carbocycles. The fraction of sp³-hybridized carbons (Fsp3) is 0.533. The average molecular weight is 260 g/mol. The van der Waals surface area contributed by atoms with Crippen LogP contribution in [0.5, 0.6) is 0 Å². The zero-order chi connectivity index (χ0) is 13.6. The molecular formula is C15H16O4. The van der Waals surface area contributed by atoms with Crippen molar-refractivity contribution in [1.29, 1.82) is 0 Å². The van der Waals surface area contributed by atoms with Gasteiger partial charge in [0.15, 0.2) is 0 Å². The van der Waals surface area contributed by atoms with Gasteiger partial charge < -0.3 is 4.74 Å². The first-order chi connectivity index (χ1) is 9.11. The number of ether oxygens (including phenoxy) is 1. The minimum absolute atomic E-state index is 0.0746. The molecule has 4 unspecified atom stereocenters. The molecule has 0 aromatic carbocycles. The molecule has 19 heavy (non-hydrogen) atoms. The van der Waals surface area contributed by atoms with Crippen molar-refractivity contribution in [2.45, 2.75) is 19.8 Å². The lowest BCUT2D eigenvalue weighted by atomic mass is 9.73. The number of esters is 1. The number of ketones is 2. The Morgan fingerprint density at radius 1 is 1.37 bits per heavy atom. The van der Waals surface area contributed by atoms with Crippen LogP contribution in [0.25, 0.3) is 0 Å². The summed E-state index contributed by atoms with van der Waals surface area (Å²) in [5, 5.41) is 0. The van der Waals surface area contributed by atoms with Gasteiger partial charge in [0.2, 0.25) is 0 Å². The molecule has 0 aromatic rings. The number of Topliss-reactive ketones (excluding diaryl/α,β-unsaturated/α-hetero) is 2. The van der Waals surface area contributed by atoms with Gasteiger partial charge >= 0.3 is 5.97 Å². The highest BCUT2D eigenvalue weighted by Gasteiger charge is 2.50. The molecule has 3 aliphatic carbocycles. The SMILES string of the molecule is CCOC(=O)C1=CC2C(=O)C(C=C1)C1CC2CC1=O. The number of carbonyl (C=O) groups excluding carboxylic acids is 3. The van der Waals surface area contributed by atoms with Crippen LogP contribution in [0.2, 0.25) is 0 Å². The van der Waals surface area contributed by atoms with Crippen LogP contribution in [0.3, 0.4) is 0 Å². The first kappa shape index (κ1) is 12.3. The molecule has 4 nitrogen and oxygen atoms in total. The lowest BCUT2D eigenvalue weighted by molar-refractivity contribution is -0.138. The van der Waals surface area contributed by atoms with E-state index in [0.717, 1.165) is 6.42 Å². The molecule has 100 valence electrons. The lowest BCUT2D eigenvalue weighted by Gasteiger charge is -2.28. The number of rotatable bonds is 2. The number of fused-ring (bicyclic) bond motifs is 6. The van der Waals surface area contributed by atoms with Gasteiger partial charge in [-0.05, 0) is 19.3 Å². The highest BCUT2D eigenvalue weighted by atomic mass is 16.5. The van der Waals surface area contributed by atoms with E-state index in [1.54, 1.807) is 25.2 Å². The molecule has 0 spiro atoms. The molecule has 0 saturated heterocycles. The maximum atomic E-state index is 12.4. The van der Waals surface area contributed by atoms with Crippen molar-refractivity contribution in [3.05, 3.63) is 23.8 Å². The zero-order valence-electron chi connectivity index (χ0n) is 10.8. The van der Waals surface area contributed by atoms with Crippen molar-refractivity contribution >= 4 is 17.5 Å². The fourth-order valence-electron chi connectivity index (χ4n) is 3.48. The van der Waals surface area contributed by atoms with Crippen molar-refractivity contribution in [1.82, 2.24) is 0 Å². The molecule has 2 fully saturated rings. The van der Waals surface area contributed by atoms with E-state index >= 15 is 0 Å². The average Bonchev–Trinajstić information content (AvgIpc) is 2.65. The summed E-state index contributed by atoms with van der Waals surface area (Å²) in [6.07, 6.45) is 6.31. The minimum Gasteiger partial charge on any atom is -0.462 e. The van der Waals surface area contributed by atoms with E-state index in [1.807, 2.05) is 0 Å². The summed E-state index contributed by atoms with van der Waals surface area (Å²) in [4.78, 5) is 36.0. The van der Waals surface area contributed by atoms with E-state index in [2.05, 4.69) is 0 Å². The topological polar surface area (TPSA) is 60.4 Å². The van der Waals surface area contributed by atoms with Crippen LogP contribution in [0, 0.1) is 23.7 Å². The molecule has 4 atom stereocenters. The number of carbonyl (C=O) groups is 3. The summed E-state index contributed by atoms with van der Waals surface area (Å²) in [5.41, 5.74) is 0.447. The van der Waals surface area contributed by atoms with E-state index in [4.69, 9.17) is 4.74 Å². The molecule has 4 bridgehead atoms. The smallest absolute Gasteiger partial charge is 0.337 e. The van der Waals surface area contributed by atoms with Crippen molar-refractivity contribution < 1.29 is 19.1 Å². The number of allylic oxidation sites excluding steroid dienone is 2. The van der Waals surface area contributed by atoms with E-state index in [0.29, 0.717) is 18.6 Å². The normalized spacial score (nSPS) is 35.9. The van der Waals surface area contributed by atoms with Crippen molar-refractivity contribution in [2.75, 3.05) is 6.61 Å². The maximum absolute atomic E-state index is 12.4. The van der Waals surface area contributed by atoms with Gasteiger partial charge in [0.05, 0.1) is 12.2 Å². The summed E-state index contributed by atoms with van der Waals surface area (Å²) >= 11 is 0. The van der Waals surface area contributed by atoms with Gasteiger partial charge in [-0.15, -0.1) is 0 Å². The van der Waals surface area contributed by atoms with Crippen LogP contribution in [0.15, 0.2) is 23.8 Å². The molecule has 3 rings (SSSR count). The Morgan fingerprint density at radius 2 is 2.16 bits per heavy atom. The Morgan fingerprint density at radius 3 is 2.89 bits per heavy atom. The third kappa shape index (κ3) is 1.86. The first-order valence-corrected chi connectivity index (χ1v) is 6.75. The summed E-state index contributed by atoms with van der Waals surface area (Å²) in [6.45, 7) is 2.07. The van der Waals surface area contributed by atoms with Crippen LogP contribution in [-0.2, 0) is 19.1 Å². The van der Waals surface area contributed by atoms with Gasteiger partial charge in [-0.1, -0.05) is 18.2 Å². The first-order valence-electron chi connectivity index (χ1n) is 6.75. The predicted octanol–water partition coefficient (Wildman–Crippen LogP) is 1.46. The fourth-order valence-corrected chi connectivity index (χ4v) is 3.48. The van der Waals surface area contributed by atoms with Crippen molar-refractivity contribution in [2.24, 2.45) is 23.7 Å². The molecule has 0 aromatic heterocycles. The van der Waals surface area contributed by atoms with Crippen LogP contribution < -0.4 is 0 Å². The highest BCUT2D eigenvalue weighted by molar-refractivity contribution is 6.01. The summed E-state index contributed by atoms with van der Waals surface area (Å²) in [6, 6.07) is 0. The molecular weight excluding hydrogens is 244 g/mol. The van der Waals surface area contributed by atoms with Gasteiger partial charge in [0.25, 0.3) is 0 Å². The largest absolute Gasteiger partial charge is 0.462 e. The Kier molecular flexibility index (Phi) is 2.88. The van der Waals surface area contributed by atoms with Crippen LogP contribution in [0.4, 0.5) is 0 Å². The molecule has 4 heteroatoms. The maximum Gasteiger partial charge on any atom is 0.337 e. The summed E-state index contributed by atoms with van der Waals surface area (Å²) in [7, 11) is 0. The third-order valence-corrected chi connectivity index (χ3v) is 4.39. The Bertz CT molecular complexity index is 514. The van der Waals surface area contributed by atoms with E-state index in [-0.39, 0.29) is 41.2 Å². The van der Waals surface area contributed by atoms with Gasteiger partial charge in [-0.2, -0.15) is 0 Å². The van der Waals surface area contributed by atoms with Crippen molar-refractivity contribution in [3.8, 4) is 0 Å². The molecule has 0 N–H and O–H groups in total. The van der Waals surface area contributed by atoms with Crippen molar-refractivity contribution in [3.63, 3.8) is 0 Å². The lowest BCUT2D eigenvalue weighted by Crippen LogP contribution is -2.34. The Labute approximate surface area is 111 Å². The standard InChI is InChI=1S/C15H16O4/c1-2-19-15(18)8-3-4-10-12-6-9(7-13(12)16)11(5-8)14(10)17/h3-5,9-12H,2,6-7H2,1H3. The summed E-state index contributed by atoms with van der Waals surface area (Å²) < 4.78 is 4.99. The van der Waals surface area contributed by atoms with Crippen LogP contribution in [-0.4, -0.2) is 24.1 Å². The second-order valence-corrected chi connectivity index (χ2v) is 5.43. The van der Waals surface area contributed by atoms with Gasteiger partial charge in [-0.25, -0.2) is 4.79 Å². The van der Waals surface area contributed by atoms with E-state index in [1.165, 1.54) is 0 Å². The quantitative estimate of drug-likeness (QED) is 0.705. The van der Waals surface area contributed by atoms with Gasteiger partial charge in [0.1, 0.15) is 11.6 Å². The highest BCUT2D eigenvalue weighted by Crippen LogP contribution is 2.47. The van der Waals surface area contributed by atoms with Crippen LogP contribution >= 0.6 is 0 Å². The molecule has 0 aliphatic heterocycles. The van der Waals surface area contributed by atoms with E-state index in [9.17, 15) is 14.4 Å². The molecule has 3 aliphatic rings. The number of hydrogen-bond acceptors (Lipinski definition) is 4. The molecule has 0 heterocycles. The second kappa shape index (κ2) is 4.44. The monoisotopic (exact) mass is 260 g/mol. The number of hydrogen-bond donors (Lipinski definition) is 0. The Hall–Kier alpha value is -1.71. The predicted molar refractivity (Wildman–Crippen MR) is 67.1 cm³/mol. The van der Waals surface area contributed by atoms with Crippen LogP contribution in [0.1, 0.15) is 19.8 Å². The Balaban J connectivity index is 1.96. The van der Waals surface area contributed by atoms with Gasteiger partial charge in [-0.3, -0.25) is 9.59 Å². The molecule has 0 amide bonds. The zero-order valence-corrected chi connectivity index (χ0v) is 10.8. The third-order valence-electron chi connectivity index (χ3n) is 4.39. The van der Waals surface area contributed by atoms with E-state index < -0.39 is 0 Å². The second-order valence-electron chi connectivity index (χ2n) is 5.43. The molecule has 0 radical (unpaired) electrons. The minimum atomic E-state index is -0.388.